The maximum Gasteiger partial charge on any atom is 0.223 e. The van der Waals surface area contributed by atoms with Crippen molar-refractivity contribution in [3.63, 3.8) is 0 Å². The van der Waals surface area contributed by atoms with Gasteiger partial charge in [-0.05, 0) is 30.2 Å². The lowest BCUT2D eigenvalue weighted by molar-refractivity contribution is -0.124. The van der Waals surface area contributed by atoms with Gasteiger partial charge in [0.1, 0.15) is 5.75 Å². The Bertz CT molecular complexity index is 468. The number of nitrogens with one attached hydrogen (secondary N) is 1. The SMILES string of the molecule is CNC(=O)C1CC(=O)c2ccc(OC)cc2C1. The minimum Gasteiger partial charge on any atom is -0.497 e. The highest BCUT2D eigenvalue weighted by atomic mass is 16.5. The molecule has 4 nitrogen and oxygen atoms in total. The van der Waals surface area contributed by atoms with E-state index in [1.807, 2.05) is 6.07 Å². The third-order valence-corrected chi connectivity index (χ3v) is 3.13. The summed E-state index contributed by atoms with van der Waals surface area (Å²) >= 11 is 0. The molecule has 1 unspecified atom stereocenters. The molecular weight excluding hydrogens is 218 g/mol. The lowest BCUT2D eigenvalue weighted by atomic mass is 9.82. The molecule has 0 radical (unpaired) electrons. The monoisotopic (exact) mass is 233 g/mol. The van der Waals surface area contributed by atoms with Gasteiger partial charge < -0.3 is 10.1 Å². The number of rotatable bonds is 2. The molecule has 0 fully saturated rings. The zero-order valence-electron chi connectivity index (χ0n) is 9.95. The number of hydrogen-bond donors (Lipinski definition) is 1. The summed E-state index contributed by atoms with van der Waals surface area (Å²) in [6.45, 7) is 0. The molecule has 1 amide bonds. The summed E-state index contributed by atoms with van der Waals surface area (Å²) in [5, 5.41) is 2.59. The van der Waals surface area contributed by atoms with Gasteiger partial charge in [0, 0.05) is 24.9 Å². The van der Waals surface area contributed by atoms with Crippen molar-refractivity contribution >= 4 is 11.7 Å². The molecule has 0 saturated carbocycles. The largest absolute Gasteiger partial charge is 0.497 e. The average molecular weight is 233 g/mol. The molecule has 0 aliphatic heterocycles. The number of fused-ring (bicyclic) bond motifs is 1. The number of carbonyl (C=O) groups is 2. The summed E-state index contributed by atoms with van der Waals surface area (Å²) in [4.78, 5) is 23.5. The van der Waals surface area contributed by atoms with Crippen LogP contribution in [0.5, 0.6) is 5.75 Å². The fraction of sp³-hybridized carbons (Fsp3) is 0.385. The van der Waals surface area contributed by atoms with Gasteiger partial charge in [-0.25, -0.2) is 0 Å². The van der Waals surface area contributed by atoms with Crippen LogP contribution in [0, 0.1) is 5.92 Å². The van der Waals surface area contributed by atoms with Crippen LogP contribution in [0.2, 0.25) is 0 Å². The molecule has 0 bridgehead atoms. The van der Waals surface area contributed by atoms with E-state index in [1.54, 1.807) is 26.3 Å². The van der Waals surface area contributed by atoms with Gasteiger partial charge >= 0.3 is 0 Å². The topological polar surface area (TPSA) is 55.4 Å². The highest BCUT2D eigenvalue weighted by Gasteiger charge is 2.29. The minimum absolute atomic E-state index is 0.0301. The highest BCUT2D eigenvalue weighted by molar-refractivity contribution is 6.01. The van der Waals surface area contributed by atoms with Crippen LogP contribution in [0.1, 0.15) is 22.3 Å². The van der Waals surface area contributed by atoms with Crippen LogP contribution in [-0.2, 0) is 11.2 Å². The highest BCUT2D eigenvalue weighted by Crippen LogP contribution is 2.28. The summed E-state index contributed by atoms with van der Waals surface area (Å²) in [7, 11) is 3.18. The first-order valence-corrected chi connectivity index (χ1v) is 5.57. The summed E-state index contributed by atoms with van der Waals surface area (Å²) in [5.74, 6) is 0.413. The third-order valence-electron chi connectivity index (χ3n) is 3.13. The number of carbonyl (C=O) groups excluding carboxylic acids is 2. The van der Waals surface area contributed by atoms with E-state index in [9.17, 15) is 9.59 Å². The van der Waals surface area contributed by atoms with Gasteiger partial charge in [-0.1, -0.05) is 0 Å². The summed E-state index contributed by atoms with van der Waals surface area (Å²) in [5.41, 5.74) is 1.61. The molecule has 1 aliphatic carbocycles. The first-order chi connectivity index (χ1) is 8.15. The zero-order valence-corrected chi connectivity index (χ0v) is 9.95. The van der Waals surface area contributed by atoms with E-state index in [1.165, 1.54) is 0 Å². The maximum absolute atomic E-state index is 11.9. The van der Waals surface area contributed by atoms with Crippen molar-refractivity contribution < 1.29 is 14.3 Å². The van der Waals surface area contributed by atoms with Crippen molar-refractivity contribution in [3.8, 4) is 5.75 Å². The third kappa shape index (κ3) is 2.16. The van der Waals surface area contributed by atoms with E-state index in [0.29, 0.717) is 24.2 Å². The van der Waals surface area contributed by atoms with E-state index in [4.69, 9.17) is 4.74 Å². The smallest absolute Gasteiger partial charge is 0.223 e. The van der Waals surface area contributed by atoms with E-state index in [0.717, 1.165) is 5.56 Å². The van der Waals surface area contributed by atoms with Crippen LogP contribution in [-0.4, -0.2) is 25.8 Å². The van der Waals surface area contributed by atoms with Gasteiger partial charge in [0.2, 0.25) is 5.91 Å². The number of amides is 1. The number of ether oxygens (including phenoxy) is 1. The van der Waals surface area contributed by atoms with Crippen molar-refractivity contribution in [1.82, 2.24) is 5.32 Å². The Balaban J connectivity index is 2.33. The fourth-order valence-electron chi connectivity index (χ4n) is 2.20. The second kappa shape index (κ2) is 4.57. The Labute approximate surface area is 100.0 Å². The van der Waals surface area contributed by atoms with Crippen molar-refractivity contribution in [3.05, 3.63) is 29.3 Å². The number of hydrogen-bond acceptors (Lipinski definition) is 3. The predicted molar refractivity (Wildman–Crippen MR) is 63.2 cm³/mol. The Morgan fingerprint density at radius 2 is 2.18 bits per heavy atom. The predicted octanol–water partition coefficient (Wildman–Crippen LogP) is 1.19. The van der Waals surface area contributed by atoms with Gasteiger partial charge in [0.15, 0.2) is 5.78 Å². The summed E-state index contributed by atoms with van der Waals surface area (Å²) in [6, 6.07) is 5.38. The molecule has 1 N–H and O–H groups in total. The van der Waals surface area contributed by atoms with Crippen LogP contribution in [0.15, 0.2) is 18.2 Å². The normalized spacial score (nSPS) is 18.5. The molecule has 2 rings (SSSR count). The van der Waals surface area contributed by atoms with E-state index < -0.39 is 0 Å². The lowest BCUT2D eigenvalue weighted by Crippen LogP contribution is -2.33. The molecule has 17 heavy (non-hydrogen) atoms. The van der Waals surface area contributed by atoms with Crippen LogP contribution < -0.4 is 10.1 Å². The molecule has 0 spiro atoms. The maximum atomic E-state index is 11.9. The Morgan fingerprint density at radius 1 is 1.41 bits per heavy atom. The van der Waals surface area contributed by atoms with Crippen LogP contribution in [0.3, 0.4) is 0 Å². The number of ketones is 1. The van der Waals surface area contributed by atoms with Crippen molar-refractivity contribution in [1.29, 1.82) is 0 Å². The molecule has 1 aromatic rings. The second-order valence-electron chi connectivity index (χ2n) is 4.17. The first-order valence-electron chi connectivity index (χ1n) is 5.57. The standard InChI is InChI=1S/C13H15NO3/c1-14-13(16)9-5-8-6-10(17-2)3-4-11(8)12(15)7-9/h3-4,6,9H,5,7H2,1-2H3,(H,14,16). The van der Waals surface area contributed by atoms with Gasteiger partial charge in [0.05, 0.1) is 7.11 Å². The van der Waals surface area contributed by atoms with E-state index >= 15 is 0 Å². The molecule has 0 saturated heterocycles. The van der Waals surface area contributed by atoms with E-state index in [2.05, 4.69) is 5.32 Å². The summed E-state index contributed by atoms with van der Waals surface area (Å²) in [6.07, 6.45) is 0.886. The minimum atomic E-state index is -0.257. The Kier molecular flexibility index (Phi) is 3.13. The average Bonchev–Trinajstić information content (AvgIpc) is 2.36. The van der Waals surface area contributed by atoms with E-state index in [-0.39, 0.29) is 17.6 Å². The molecular formula is C13H15NO3. The van der Waals surface area contributed by atoms with Gasteiger partial charge in [-0.15, -0.1) is 0 Å². The number of methoxy groups -OCH3 is 1. The molecule has 1 aliphatic rings. The van der Waals surface area contributed by atoms with Crippen molar-refractivity contribution in [2.75, 3.05) is 14.2 Å². The Hall–Kier alpha value is -1.84. The molecule has 1 atom stereocenters. The quantitative estimate of drug-likeness (QED) is 0.834. The first kappa shape index (κ1) is 11.6. The van der Waals surface area contributed by atoms with Gasteiger partial charge in [-0.2, -0.15) is 0 Å². The fourth-order valence-corrected chi connectivity index (χ4v) is 2.20. The van der Waals surface area contributed by atoms with Crippen molar-refractivity contribution in [2.45, 2.75) is 12.8 Å². The van der Waals surface area contributed by atoms with Crippen LogP contribution in [0.25, 0.3) is 0 Å². The van der Waals surface area contributed by atoms with Gasteiger partial charge in [-0.3, -0.25) is 9.59 Å². The lowest BCUT2D eigenvalue weighted by Gasteiger charge is -2.22. The number of Topliss-reactive ketones (excluding diaryl/α,β-unsaturated/α-hetero) is 1. The molecule has 0 heterocycles. The molecule has 0 aromatic heterocycles. The zero-order chi connectivity index (χ0) is 12.4. The van der Waals surface area contributed by atoms with Crippen LogP contribution >= 0.6 is 0 Å². The van der Waals surface area contributed by atoms with Gasteiger partial charge in [0.25, 0.3) is 0 Å². The van der Waals surface area contributed by atoms with Crippen molar-refractivity contribution in [2.24, 2.45) is 5.92 Å². The molecule has 90 valence electrons. The Morgan fingerprint density at radius 3 is 2.82 bits per heavy atom. The second-order valence-corrected chi connectivity index (χ2v) is 4.17. The molecule has 4 heteroatoms. The van der Waals surface area contributed by atoms with Crippen LogP contribution in [0.4, 0.5) is 0 Å². The summed E-state index contributed by atoms with van der Waals surface area (Å²) < 4.78 is 5.13. The molecule has 1 aromatic carbocycles. The number of benzene rings is 1.